The van der Waals surface area contributed by atoms with Gasteiger partial charge in [0.15, 0.2) is 0 Å². The van der Waals surface area contributed by atoms with E-state index in [1.54, 1.807) is 0 Å². The van der Waals surface area contributed by atoms with Crippen molar-refractivity contribution in [3.63, 3.8) is 0 Å². The normalized spacial score (nSPS) is 16.4. The van der Waals surface area contributed by atoms with Crippen LogP contribution in [0.15, 0.2) is 30.5 Å². The van der Waals surface area contributed by atoms with E-state index in [0.717, 1.165) is 19.5 Å². The molecule has 3 rings (SSSR count). The highest BCUT2D eigenvalue weighted by Crippen LogP contribution is 2.23. The molecule has 0 aliphatic carbocycles. The van der Waals surface area contributed by atoms with E-state index < -0.39 is 0 Å². The molecule has 1 aliphatic heterocycles. The van der Waals surface area contributed by atoms with Crippen LogP contribution in [0.4, 0.5) is 0 Å². The van der Waals surface area contributed by atoms with Gasteiger partial charge in [0.05, 0.1) is 11.7 Å². The Morgan fingerprint density at radius 3 is 3.12 bits per heavy atom. The number of nitrogens with zero attached hydrogens (tertiary/aromatic N) is 2. The molecule has 0 saturated carbocycles. The van der Waals surface area contributed by atoms with Crippen LogP contribution >= 0.6 is 0 Å². The molecule has 0 unspecified atom stereocenters. The molecule has 0 radical (unpaired) electrons. The Morgan fingerprint density at radius 1 is 1.38 bits per heavy atom. The van der Waals surface area contributed by atoms with Crippen molar-refractivity contribution in [2.45, 2.75) is 6.42 Å². The molecule has 0 atom stereocenters. The second-order valence-electron chi connectivity index (χ2n) is 4.23. The fourth-order valence-corrected chi connectivity index (χ4v) is 2.23. The molecule has 0 saturated heterocycles. The van der Waals surface area contributed by atoms with E-state index in [-0.39, 0.29) is 0 Å². The summed E-state index contributed by atoms with van der Waals surface area (Å²) in [6.45, 7) is 2.06. The van der Waals surface area contributed by atoms with Crippen molar-refractivity contribution < 1.29 is 0 Å². The van der Waals surface area contributed by atoms with E-state index in [9.17, 15) is 0 Å². The number of benzene rings is 1. The van der Waals surface area contributed by atoms with E-state index in [4.69, 9.17) is 0 Å². The molecule has 1 aliphatic rings. The van der Waals surface area contributed by atoms with Gasteiger partial charge in [-0.1, -0.05) is 18.2 Å². The van der Waals surface area contributed by atoms with E-state index in [0.29, 0.717) is 0 Å². The largest absolute Gasteiger partial charge is 0.313 e. The molecule has 3 nitrogen and oxygen atoms in total. The van der Waals surface area contributed by atoms with Crippen LogP contribution in [0.5, 0.6) is 0 Å². The van der Waals surface area contributed by atoms with Crippen LogP contribution in [-0.4, -0.2) is 22.9 Å². The third-order valence-corrected chi connectivity index (χ3v) is 3.18. The predicted octanol–water partition coefficient (Wildman–Crippen LogP) is 1.95. The quantitative estimate of drug-likeness (QED) is 0.784. The number of hydrogen-bond acceptors (Lipinski definition) is 2. The summed E-state index contributed by atoms with van der Waals surface area (Å²) in [6.07, 6.45) is 5.31. The van der Waals surface area contributed by atoms with Gasteiger partial charge >= 0.3 is 0 Å². The Hall–Kier alpha value is -1.61. The molecule has 1 aromatic carbocycles. The van der Waals surface area contributed by atoms with Gasteiger partial charge in [-0.3, -0.25) is 4.68 Å². The van der Waals surface area contributed by atoms with Gasteiger partial charge in [0.1, 0.15) is 0 Å². The van der Waals surface area contributed by atoms with Crippen LogP contribution in [0.3, 0.4) is 0 Å². The van der Waals surface area contributed by atoms with Crippen LogP contribution in [0, 0.1) is 0 Å². The highest BCUT2D eigenvalue weighted by atomic mass is 15.2. The average Bonchev–Trinajstić information content (AvgIpc) is 2.72. The first-order chi connectivity index (χ1) is 7.84. The Bertz CT molecular complexity index is 551. The third kappa shape index (κ3) is 1.53. The van der Waals surface area contributed by atoms with Crippen LogP contribution in [-0.2, 0) is 7.05 Å². The number of aromatic nitrogens is 2. The fraction of sp³-hybridized carbons (Fsp3) is 0.308. The highest BCUT2D eigenvalue weighted by Gasteiger charge is 2.07. The molecule has 1 N–H and O–H groups in total. The molecule has 1 aromatic heterocycles. The first kappa shape index (κ1) is 9.60. The first-order valence-electron chi connectivity index (χ1n) is 5.66. The topological polar surface area (TPSA) is 29.9 Å². The van der Waals surface area contributed by atoms with Gasteiger partial charge in [-0.05, 0) is 30.2 Å². The minimum Gasteiger partial charge on any atom is -0.313 e. The molecule has 0 spiro atoms. The molecule has 2 aromatic rings. The first-order valence-corrected chi connectivity index (χ1v) is 5.66. The molecule has 0 bridgehead atoms. The molecule has 3 heteroatoms. The third-order valence-electron chi connectivity index (χ3n) is 3.18. The van der Waals surface area contributed by atoms with Gasteiger partial charge in [-0.25, -0.2) is 0 Å². The van der Waals surface area contributed by atoms with Crippen molar-refractivity contribution in [2.24, 2.45) is 7.05 Å². The number of nitrogens with one attached hydrogen (secondary N) is 1. The minimum absolute atomic E-state index is 0.985. The molecular formula is C13H15N3. The summed E-state index contributed by atoms with van der Waals surface area (Å²) in [6, 6.07) is 6.58. The summed E-state index contributed by atoms with van der Waals surface area (Å²) in [5, 5.41) is 8.81. The summed E-state index contributed by atoms with van der Waals surface area (Å²) in [5.74, 6) is 0. The molecular weight excluding hydrogens is 198 g/mol. The van der Waals surface area contributed by atoms with Crippen LogP contribution in [0.2, 0.25) is 0 Å². The van der Waals surface area contributed by atoms with E-state index in [1.165, 1.54) is 22.0 Å². The molecule has 0 fully saturated rings. The zero-order valence-electron chi connectivity index (χ0n) is 9.40. The SMILES string of the molecule is Cn1ncc2ccc(C3=CCNCC3)cc21. The molecule has 16 heavy (non-hydrogen) atoms. The molecule has 0 amide bonds. The van der Waals surface area contributed by atoms with Crippen molar-refractivity contribution >= 4 is 16.5 Å². The maximum Gasteiger partial charge on any atom is 0.0685 e. The summed E-state index contributed by atoms with van der Waals surface area (Å²) < 4.78 is 1.93. The van der Waals surface area contributed by atoms with Crippen molar-refractivity contribution in [2.75, 3.05) is 13.1 Å². The number of fused-ring (bicyclic) bond motifs is 1. The summed E-state index contributed by atoms with van der Waals surface area (Å²) >= 11 is 0. The van der Waals surface area contributed by atoms with E-state index >= 15 is 0 Å². The average molecular weight is 213 g/mol. The predicted molar refractivity (Wildman–Crippen MR) is 66.2 cm³/mol. The lowest BCUT2D eigenvalue weighted by Crippen LogP contribution is -2.19. The zero-order valence-corrected chi connectivity index (χ0v) is 9.40. The Balaban J connectivity index is 2.10. The zero-order chi connectivity index (χ0) is 11.0. The van der Waals surface area contributed by atoms with Crippen LogP contribution < -0.4 is 5.32 Å². The standard InChI is InChI=1S/C13H15N3/c1-16-13-8-11(2-3-12(13)9-15-16)10-4-6-14-7-5-10/h2-4,8-9,14H,5-7H2,1H3. The lowest BCUT2D eigenvalue weighted by Gasteiger charge is -2.14. The van der Waals surface area contributed by atoms with Gasteiger partial charge in [0.2, 0.25) is 0 Å². The Kier molecular flexibility index (Phi) is 2.26. The second-order valence-corrected chi connectivity index (χ2v) is 4.23. The Labute approximate surface area is 94.8 Å². The van der Waals surface area contributed by atoms with E-state index in [2.05, 4.69) is 34.7 Å². The fourth-order valence-electron chi connectivity index (χ4n) is 2.23. The number of hydrogen-bond donors (Lipinski definition) is 1. The van der Waals surface area contributed by atoms with Gasteiger partial charge in [0, 0.05) is 19.0 Å². The lowest BCUT2D eigenvalue weighted by atomic mass is 9.99. The maximum atomic E-state index is 4.27. The van der Waals surface area contributed by atoms with E-state index in [1.807, 2.05) is 17.9 Å². The summed E-state index contributed by atoms with van der Waals surface area (Å²) in [7, 11) is 1.99. The minimum atomic E-state index is 0.985. The molecule has 82 valence electrons. The summed E-state index contributed by atoms with van der Waals surface area (Å²) in [4.78, 5) is 0. The maximum absolute atomic E-state index is 4.27. The Morgan fingerprint density at radius 2 is 2.31 bits per heavy atom. The van der Waals surface area contributed by atoms with Crippen molar-refractivity contribution in [1.82, 2.24) is 15.1 Å². The van der Waals surface area contributed by atoms with Gasteiger partial charge in [-0.15, -0.1) is 0 Å². The highest BCUT2D eigenvalue weighted by molar-refractivity contribution is 5.83. The second kappa shape index (κ2) is 3.76. The van der Waals surface area contributed by atoms with Crippen LogP contribution in [0.25, 0.3) is 16.5 Å². The summed E-state index contributed by atoms with van der Waals surface area (Å²) in [5.41, 5.74) is 3.98. The number of rotatable bonds is 1. The van der Waals surface area contributed by atoms with Crippen molar-refractivity contribution in [3.05, 3.63) is 36.0 Å². The van der Waals surface area contributed by atoms with Crippen LogP contribution in [0.1, 0.15) is 12.0 Å². The smallest absolute Gasteiger partial charge is 0.0685 e. The van der Waals surface area contributed by atoms with Gasteiger partial charge in [0.25, 0.3) is 0 Å². The molecule has 2 heterocycles. The number of aryl methyl sites for hydroxylation is 1. The van der Waals surface area contributed by atoms with Gasteiger partial charge < -0.3 is 5.32 Å². The lowest BCUT2D eigenvalue weighted by molar-refractivity contribution is 0.738. The monoisotopic (exact) mass is 213 g/mol. The van der Waals surface area contributed by atoms with Gasteiger partial charge in [-0.2, -0.15) is 5.10 Å². The van der Waals surface area contributed by atoms with Crippen molar-refractivity contribution in [1.29, 1.82) is 0 Å². The van der Waals surface area contributed by atoms with Crippen molar-refractivity contribution in [3.8, 4) is 0 Å².